The molecule has 0 aliphatic rings. The van der Waals surface area contributed by atoms with Crippen LogP contribution in [0.5, 0.6) is 0 Å². The van der Waals surface area contributed by atoms with Crippen molar-refractivity contribution in [2.75, 3.05) is 0 Å². The van der Waals surface area contributed by atoms with Gasteiger partial charge in [-0.2, -0.15) is 0 Å². The van der Waals surface area contributed by atoms with Gasteiger partial charge in [0.25, 0.3) is 0 Å². The first kappa shape index (κ1) is 21.2. The number of imidazole rings is 1. The van der Waals surface area contributed by atoms with E-state index in [4.69, 9.17) is 9.40 Å². The molecule has 0 amide bonds. The van der Waals surface area contributed by atoms with Gasteiger partial charge >= 0.3 is 0 Å². The second-order valence-electron chi connectivity index (χ2n) is 10.8. The summed E-state index contributed by atoms with van der Waals surface area (Å²) < 4.78 is 11.0. The van der Waals surface area contributed by atoms with E-state index in [-0.39, 0.29) is 0 Å². The molecule has 0 saturated heterocycles. The normalized spacial score (nSPS) is 12.4. The summed E-state index contributed by atoms with van der Waals surface area (Å²) in [5.41, 5.74) is 10.7. The van der Waals surface area contributed by atoms with Crippen LogP contribution in [0.25, 0.3) is 88.1 Å². The largest absolute Gasteiger partial charge is 0.456 e. The fourth-order valence-corrected chi connectivity index (χ4v) is 6.90. The lowest BCUT2D eigenvalue weighted by atomic mass is 10.1. The van der Waals surface area contributed by atoms with E-state index in [1.807, 2.05) is 12.1 Å². The molecule has 10 aromatic rings. The van der Waals surface area contributed by atoms with Gasteiger partial charge in [-0.05, 0) is 42.5 Å². The van der Waals surface area contributed by atoms with E-state index in [0.717, 1.165) is 55.6 Å². The summed E-state index contributed by atoms with van der Waals surface area (Å²) in [7, 11) is 0. The van der Waals surface area contributed by atoms with Crippen LogP contribution in [0, 0.1) is 0 Å². The molecule has 41 heavy (non-hydrogen) atoms. The molecule has 5 aromatic carbocycles. The Bertz CT molecular complexity index is 2640. The van der Waals surface area contributed by atoms with Crippen LogP contribution >= 0.6 is 0 Å². The van der Waals surface area contributed by atoms with E-state index >= 15 is 0 Å². The van der Waals surface area contributed by atoms with Gasteiger partial charge in [-0.1, -0.05) is 78.9 Å². The maximum Gasteiger partial charge on any atom is 0.138 e. The molecule has 4 nitrogen and oxygen atoms in total. The first-order valence-electron chi connectivity index (χ1n) is 13.9. The van der Waals surface area contributed by atoms with Crippen molar-refractivity contribution in [1.82, 2.24) is 14.0 Å². The number of para-hydroxylation sites is 2. The molecular weight excluding hydrogens is 502 g/mol. The zero-order chi connectivity index (χ0) is 26.7. The smallest absolute Gasteiger partial charge is 0.138 e. The van der Waals surface area contributed by atoms with Gasteiger partial charge in [0.15, 0.2) is 0 Å². The lowest BCUT2D eigenvalue weighted by Gasteiger charge is -2.09. The quantitative estimate of drug-likeness (QED) is 0.226. The Balaban J connectivity index is 1.30. The van der Waals surface area contributed by atoms with Crippen LogP contribution in [0.3, 0.4) is 0 Å². The van der Waals surface area contributed by atoms with E-state index < -0.39 is 0 Å². The van der Waals surface area contributed by atoms with E-state index in [1.165, 1.54) is 32.6 Å². The number of hydrogen-bond donors (Lipinski definition) is 0. The number of benzene rings is 5. The lowest BCUT2D eigenvalue weighted by molar-refractivity contribution is 0.669. The van der Waals surface area contributed by atoms with Crippen molar-refractivity contribution in [2.24, 2.45) is 0 Å². The first-order valence-corrected chi connectivity index (χ1v) is 13.9. The van der Waals surface area contributed by atoms with E-state index in [2.05, 4.69) is 124 Å². The predicted octanol–water partition coefficient (Wildman–Crippen LogP) is 9.74. The van der Waals surface area contributed by atoms with Gasteiger partial charge < -0.3 is 8.98 Å². The van der Waals surface area contributed by atoms with Crippen molar-refractivity contribution in [3.05, 3.63) is 127 Å². The minimum atomic E-state index is 0.906. The minimum absolute atomic E-state index is 0.906. The second kappa shape index (κ2) is 7.52. The van der Waals surface area contributed by atoms with E-state index in [1.54, 1.807) is 0 Å². The van der Waals surface area contributed by atoms with Crippen LogP contribution in [0.4, 0.5) is 0 Å². The number of furan rings is 1. The highest BCUT2D eigenvalue weighted by molar-refractivity contribution is 6.18. The van der Waals surface area contributed by atoms with Crippen molar-refractivity contribution in [1.29, 1.82) is 0 Å². The van der Waals surface area contributed by atoms with E-state index in [0.29, 0.717) is 0 Å². The Labute approximate surface area is 233 Å². The molecule has 0 bridgehead atoms. The first-order chi connectivity index (χ1) is 20.3. The Morgan fingerprint density at radius 3 is 2.20 bits per heavy atom. The maximum atomic E-state index is 6.32. The highest BCUT2D eigenvalue weighted by atomic mass is 16.3. The van der Waals surface area contributed by atoms with Gasteiger partial charge in [-0.15, -0.1) is 0 Å². The molecule has 10 rings (SSSR count). The molecule has 4 heteroatoms. The number of fused-ring (bicyclic) bond motifs is 9. The Kier molecular flexibility index (Phi) is 3.90. The molecular formula is C37H21N3O. The Morgan fingerprint density at radius 2 is 1.27 bits per heavy atom. The topological polar surface area (TPSA) is 35.4 Å². The van der Waals surface area contributed by atoms with Gasteiger partial charge in [-0.3, -0.25) is 4.40 Å². The van der Waals surface area contributed by atoms with Gasteiger partial charge in [0.2, 0.25) is 0 Å². The summed E-state index contributed by atoms with van der Waals surface area (Å²) >= 11 is 0. The molecule has 0 aliphatic heterocycles. The highest BCUT2D eigenvalue weighted by Crippen LogP contribution is 2.41. The van der Waals surface area contributed by atoms with Crippen molar-refractivity contribution in [3.8, 4) is 16.9 Å². The van der Waals surface area contributed by atoms with Crippen LogP contribution in [-0.2, 0) is 0 Å². The van der Waals surface area contributed by atoms with Crippen molar-refractivity contribution >= 4 is 71.2 Å². The van der Waals surface area contributed by atoms with Crippen LogP contribution in [-0.4, -0.2) is 14.0 Å². The van der Waals surface area contributed by atoms with Gasteiger partial charge in [0, 0.05) is 49.6 Å². The number of pyridine rings is 1. The molecule has 5 aromatic heterocycles. The molecule has 0 fully saturated rings. The van der Waals surface area contributed by atoms with Gasteiger partial charge in [-0.25, -0.2) is 4.98 Å². The molecule has 190 valence electrons. The summed E-state index contributed by atoms with van der Waals surface area (Å²) in [6.45, 7) is 0. The third-order valence-electron chi connectivity index (χ3n) is 8.65. The zero-order valence-electron chi connectivity index (χ0n) is 21.9. The Morgan fingerprint density at radius 1 is 0.488 bits per heavy atom. The molecule has 0 radical (unpaired) electrons. The molecule has 0 atom stereocenters. The van der Waals surface area contributed by atoms with Crippen molar-refractivity contribution < 1.29 is 4.42 Å². The number of aromatic nitrogens is 3. The fraction of sp³-hybridized carbons (Fsp3) is 0. The van der Waals surface area contributed by atoms with Crippen molar-refractivity contribution in [2.45, 2.75) is 0 Å². The summed E-state index contributed by atoms with van der Waals surface area (Å²) in [5, 5.41) is 7.19. The van der Waals surface area contributed by atoms with Crippen LogP contribution < -0.4 is 0 Å². The summed E-state index contributed by atoms with van der Waals surface area (Å²) in [4.78, 5) is 5.04. The number of rotatable bonds is 2. The third-order valence-corrected chi connectivity index (χ3v) is 8.65. The summed E-state index contributed by atoms with van der Waals surface area (Å²) in [5.74, 6) is 0. The number of nitrogens with zero attached hydrogens (tertiary/aromatic N) is 3. The van der Waals surface area contributed by atoms with Gasteiger partial charge in [0.1, 0.15) is 16.8 Å². The van der Waals surface area contributed by atoms with Crippen LogP contribution in [0.15, 0.2) is 132 Å². The molecule has 0 unspecified atom stereocenters. The van der Waals surface area contributed by atoms with Crippen LogP contribution in [0.2, 0.25) is 0 Å². The monoisotopic (exact) mass is 523 g/mol. The average molecular weight is 524 g/mol. The predicted molar refractivity (Wildman–Crippen MR) is 168 cm³/mol. The molecule has 0 saturated carbocycles. The average Bonchev–Trinajstić information content (AvgIpc) is 3.76. The van der Waals surface area contributed by atoms with Crippen LogP contribution in [0.1, 0.15) is 0 Å². The summed E-state index contributed by atoms with van der Waals surface area (Å²) in [6, 6.07) is 45.2. The fourth-order valence-electron chi connectivity index (χ4n) is 6.90. The Hall–Kier alpha value is -5.61. The number of hydrogen-bond acceptors (Lipinski definition) is 2. The summed E-state index contributed by atoms with van der Waals surface area (Å²) in [6.07, 6.45) is 0. The maximum absolute atomic E-state index is 6.32. The third kappa shape index (κ3) is 2.71. The standard InChI is InChI=1S/C37H21N3O/c1-2-9-22(10-3-1)36-37-26-18-17-23(19-27(26)31-14-8-16-35(38-36)40(31)37)39-30-13-6-4-11-24(30)28-20-29-25-12-5-7-15-33(25)41-34(29)21-32(28)39/h1-21H. The SMILES string of the molecule is c1ccc(-c2nc3cccc4c5cc(-n6c7ccccc7c7cc8c(cc76)oc6ccccc68)ccc5c2n34)cc1. The second-order valence-corrected chi connectivity index (χ2v) is 10.8. The minimum Gasteiger partial charge on any atom is -0.456 e. The van der Waals surface area contributed by atoms with Gasteiger partial charge in [0.05, 0.1) is 27.8 Å². The molecule has 0 aliphatic carbocycles. The lowest BCUT2D eigenvalue weighted by Crippen LogP contribution is -1.93. The highest BCUT2D eigenvalue weighted by Gasteiger charge is 2.21. The van der Waals surface area contributed by atoms with Crippen molar-refractivity contribution in [3.63, 3.8) is 0 Å². The van der Waals surface area contributed by atoms with E-state index in [9.17, 15) is 0 Å². The molecule has 0 spiro atoms. The molecule has 0 N–H and O–H groups in total. The molecule has 5 heterocycles. The zero-order valence-corrected chi connectivity index (χ0v) is 21.9.